The van der Waals surface area contributed by atoms with Crippen molar-refractivity contribution in [3.63, 3.8) is 0 Å². The van der Waals surface area contributed by atoms with Crippen molar-refractivity contribution in [2.75, 3.05) is 20.2 Å². The highest BCUT2D eigenvalue weighted by Gasteiger charge is 2.28. The van der Waals surface area contributed by atoms with Crippen molar-refractivity contribution in [3.8, 4) is 10.4 Å². The smallest absolute Gasteiger partial charge is 0.308 e. The summed E-state index contributed by atoms with van der Waals surface area (Å²) in [5.74, 6) is -0.523. The summed E-state index contributed by atoms with van der Waals surface area (Å²) in [5, 5.41) is 4.47. The minimum atomic E-state index is -0.225. The summed E-state index contributed by atoms with van der Waals surface area (Å²) in [7, 11) is 1.38. The fourth-order valence-corrected chi connectivity index (χ4v) is 5.19. The van der Waals surface area contributed by atoms with E-state index in [4.69, 9.17) is 4.74 Å². The van der Waals surface area contributed by atoms with Crippen molar-refractivity contribution in [2.24, 2.45) is 5.92 Å². The van der Waals surface area contributed by atoms with E-state index in [1.165, 1.54) is 29.3 Å². The number of aromatic nitrogens is 2. The Morgan fingerprint density at radius 1 is 1.29 bits per heavy atom. The lowest BCUT2D eigenvalue weighted by Gasteiger charge is -2.30. The first kappa shape index (κ1) is 18.8. The molecule has 4 heterocycles. The summed E-state index contributed by atoms with van der Waals surface area (Å²) in [6, 6.07) is 3.92. The van der Waals surface area contributed by atoms with E-state index >= 15 is 0 Å². The number of thiophene rings is 2. The van der Waals surface area contributed by atoms with E-state index in [1.807, 2.05) is 22.9 Å². The van der Waals surface area contributed by atoms with Crippen LogP contribution in [0.3, 0.4) is 0 Å². The molecule has 146 valence electrons. The molecular formula is C19H19N3O4S2. The molecule has 0 saturated carbocycles. The molecule has 1 amide bonds. The first-order valence-electron chi connectivity index (χ1n) is 8.94. The minimum absolute atomic E-state index is 0.0512. The van der Waals surface area contributed by atoms with Gasteiger partial charge in [-0.1, -0.05) is 6.07 Å². The Bertz CT molecular complexity index is 1060. The third-order valence-corrected chi connectivity index (χ3v) is 6.82. The Morgan fingerprint density at radius 2 is 2.07 bits per heavy atom. The van der Waals surface area contributed by atoms with Crippen molar-refractivity contribution in [1.29, 1.82) is 0 Å². The summed E-state index contributed by atoms with van der Waals surface area (Å²) >= 11 is 3.00. The minimum Gasteiger partial charge on any atom is -0.469 e. The van der Waals surface area contributed by atoms with Crippen molar-refractivity contribution in [2.45, 2.75) is 19.4 Å². The number of carbonyl (C=O) groups excluding carboxylic acids is 2. The number of fused-ring (bicyclic) bond motifs is 1. The van der Waals surface area contributed by atoms with Crippen molar-refractivity contribution in [3.05, 3.63) is 39.6 Å². The molecule has 7 nitrogen and oxygen atoms in total. The lowest BCUT2D eigenvalue weighted by atomic mass is 9.97. The predicted octanol–water partition coefficient (Wildman–Crippen LogP) is 2.60. The molecule has 0 atom stereocenters. The van der Waals surface area contributed by atoms with Crippen LogP contribution in [0.1, 0.15) is 12.8 Å². The molecule has 0 radical (unpaired) electrons. The van der Waals surface area contributed by atoms with Crippen LogP contribution in [0.5, 0.6) is 0 Å². The number of esters is 1. The number of methoxy groups -OCH3 is 1. The van der Waals surface area contributed by atoms with Crippen LogP contribution < -0.4 is 5.56 Å². The fraction of sp³-hybridized carbons (Fsp3) is 0.368. The van der Waals surface area contributed by atoms with Gasteiger partial charge in [-0.05, 0) is 24.3 Å². The first-order chi connectivity index (χ1) is 13.6. The molecule has 9 heteroatoms. The summed E-state index contributed by atoms with van der Waals surface area (Å²) < 4.78 is 6.15. The van der Waals surface area contributed by atoms with Crippen molar-refractivity contribution < 1.29 is 14.3 Å². The van der Waals surface area contributed by atoms with Crippen LogP contribution in [0.4, 0.5) is 0 Å². The van der Waals surface area contributed by atoms with Crippen molar-refractivity contribution >= 4 is 44.8 Å². The number of piperidine rings is 1. The first-order valence-corrected chi connectivity index (χ1v) is 10.7. The summed E-state index contributed by atoms with van der Waals surface area (Å²) in [5.41, 5.74) is 0.667. The summed E-state index contributed by atoms with van der Waals surface area (Å²) in [4.78, 5) is 45.1. The predicted molar refractivity (Wildman–Crippen MR) is 109 cm³/mol. The molecule has 0 N–H and O–H groups in total. The average molecular weight is 418 g/mol. The Labute approximate surface area is 169 Å². The second kappa shape index (κ2) is 7.84. The molecule has 3 aromatic heterocycles. The summed E-state index contributed by atoms with van der Waals surface area (Å²) in [6.45, 7) is 0.925. The van der Waals surface area contributed by atoms with Crippen LogP contribution in [-0.2, 0) is 20.9 Å². The van der Waals surface area contributed by atoms with E-state index < -0.39 is 0 Å². The van der Waals surface area contributed by atoms with Crippen LogP contribution >= 0.6 is 22.7 Å². The maximum atomic E-state index is 13.0. The van der Waals surface area contributed by atoms with Crippen LogP contribution in [-0.4, -0.2) is 46.5 Å². The molecule has 1 fully saturated rings. The third-order valence-electron chi connectivity index (χ3n) is 5.04. The standard InChI is InChI=1S/C19H19N3O4S2/c1-26-19(25)12-4-6-21(7-5-12)15(23)9-22-11-20-17-16(18(22)24)13(10-28-17)14-3-2-8-27-14/h2-3,8,10-12H,4-7,9H2,1H3. The van der Waals surface area contributed by atoms with Crippen LogP contribution in [0.2, 0.25) is 0 Å². The average Bonchev–Trinajstić information content (AvgIpc) is 3.39. The molecular weight excluding hydrogens is 398 g/mol. The molecule has 28 heavy (non-hydrogen) atoms. The number of carbonyl (C=O) groups is 2. The second-order valence-corrected chi connectivity index (χ2v) is 8.47. The number of nitrogens with zero attached hydrogens (tertiary/aromatic N) is 3. The van der Waals surface area contributed by atoms with Crippen molar-refractivity contribution in [1.82, 2.24) is 14.5 Å². The molecule has 0 bridgehead atoms. The van der Waals surface area contributed by atoms with E-state index in [0.717, 1.165) is 10.4 Å². The van der Waals surface area contributed by atoms with Gasteiger partial charge in [-0.3, -0.25) is 19.0 Å². The maximum absolute atomic E-state index is 13.0. The molecule has 1 aliphatic rings. The molecule has 0 aromatic carbocycles. The van der Waals surface area contributed by atoms with Gasteiger partial charge in [0, 0.05) is 28.9 Å². The monoisotopic (exact) mass is 417 g/mol. The van der Waals surface area contributed by atoms with E-state index in [-0.39, 0.29) is 29.9 Å². The molecule has 1 saturated heterocycles. The molecule has 0 aliphatic carbocycles. The Hall–Kier alpha value is -2.52. The van der Waals surface area contributed by atoms with E-state index in [2.05, 4.69) is 4.98 Å². The number of ether oxygens (including phenoxy) is 1. The maximum Gasteiger partial charge on any atom is 0.308 e. The largest absolute Gasteiger partial charge is 0.469 e. The lowest BCUT2D eigenvalue weighted by Crippen LogP contribution is -2.43. The number of likely N-dealkylation sites (tertiary alicyclic amines) is 1. The van der Waals surface area contributed by atoms with Gasteiger partial charge in [-0.25, -0.2) is 4.98 Å². The van der Waals surface area contributed by atoms with Gasteiger partial charge in [0.05, 0.1) is 24.7 Å². The Balaban J connectivity index is 1.53. The lowest BCUT2D eigenvalue weighted by molar-refractivity contribution is -0.149. The van der Waals surface area contributed by atoms with Gasteiger partial charge in [-0.2, -0.15) is 0 Å². The Morgan fingerprint density at radius 3 is 2.75 bits per heavy atom. The quantitative estimate of drug-likeness (QED) is 0.610. The zero-order chi connectivity index (χ0) is 19.7. The number of rotatable bonds is 4. The second-order valence-electron chi connectivity index (χ2n) is 6.66. The van der Waals surface area contributed by atoms with Crippen LogP contribution in [0.25, 0.3) is 20.7 Å². The normalized spacial score (nSPS) is 15.1. The summed E-state index contributed by atoms with van der Waals surface area (Å²) in [6.07, 6.45) is 2.60. The zero-order valence-electron chi connectivity index (χ0n) is 15.3. The van der Waals surface area contributed by atoms with Gasteiger partial charge in [0.15, 0.2) is 0 Å². The number of hydrogen-bond donors (Lipinski definition) is 0. The van der Waals surface area contributed by atoms with E-state index in [0.29, 0.717) is 36.1 Å². The molecule has 3 aromatic rings. The van der Waals surface area contributed by atoms with Crippen LogP contribution in [0, 0.1) is 5.92 Å². The topological polar surface area (TPSA) is 81.5 Å². The third kappa shape index (κ3) is 3.47. The van der Waals surface area contributed by atoms with Gasteiger partial charge in [0.2, 0.25) is 5.91 Å². The van der Waals surface area contributed by atoms with E-state index in [1.54, 1.807) is 16.2 Å². The molecule has 0 spiro atoms. The van der Waals surface area contributed by atoms with Gasteiger partial charge in [-0.15, -0.1) is 22.7 Å². The highest BCUT2D eigenvalue weighted by Crippen LogP contribution is 2.33. The van der Waals surface area contributed by atoms with Gasteiger partial charge in [0.1, 0.15) is 11.4 Å². The highest BCUT2D eigenvalue weighted by molar-refractivity contribution is 7.18. The highest BCUT2D eigenvalue weighted by atomic mass is 32.1. The number of amides is 1. The van der Waals surface area contributed by atoms with Crippen LogP contribution in [0.15, 0.2) is 34.0 Å². The van der Waals surface area contributed by atoms with E-state index in [9.17, 15) is 14.4 Å². The van der Waals surface area contributed by atoms with Gasteiger partial charge in [0.25, 0.3) is 5.56 Å². The fourth-order valence-electron chi connectivity index (χ4n) is 3.47. The van der Waals surface area contributed by atoms with Gasteiger partial charge >= 0.3 is 5.97 Å². The SMILES string of the molecule is COC(=O)C1CCN(C(=O)Cn2cnc3scc(-c4cccs4)c3c2=O)CC1. The Kier molecular flexibility index (Phi) is 5.27. The number of hydrogen-bond acceptors (Lipinski definition) is 7. The molecule has 1 aliphatic heterocycles. The van der Waals surface area contributed by atoms with Gasteiger partial charge < -0.3 is 9.64 Å². The molecule has 0 unspecified atom stereocenters. The zero-order valence-corrected chi connectivity index (χ0v) is 16.9. The molecule has 4 rings (SSSR count).